The Kier molecular flexibility index (Phi) is 5.72. The second kappa shape index (κ2) is 7.86. The number of ether oxygens (including phenoxy) is 2. The van der Waals surface area contributed by atoms with Gasteiger partial charge in [0.25, 0.3) is 5.91 Å². The summed E-state index contributed by atoms with van der Waals surface area (Å²) in [6.45, 7) is 2.97. The van der Waals surface area contributed by atoms with Gasteiger partial charge in [-0.15, -0.1) is 0 Å². The summed E-state index contributed by atoms with van der Waals surface area (Å²) in [5.41, 5.74) is 1.18. The molecule has 2 aliphatic heterocycles. The third-order valence-electron chi connectivity index (χ3n) is 5.33. The van der Waals surface area contributed by atoms with E-state index in [1.165, 1.54) is 19.1 Å². The predicted molar refractivity (Wildman–Crippen MR) is 100.0 cm³/mol. The van der Waals surface area contributed by atoms with E-state index in [-0.39, 0.29) is 30.1 Å². The average Bonchev–Trinajstić information content (AvgIpc) is 2.97. The van der Waals surface area contributed by atoms with Crippen molar-refractivity contribution in [2.75, 3.05) is 32.2 Å². The summed E-state index contributed by atoms with van der Waals surface area (Å²) in [6, 6.07) is 2.79. The Morgan fingerprint density at radius 3 is 2.44 bits per heavy atom. The van der Waals surface area contributed by atoms with Crippen LogP contribution in [0.3, 0.4) is 0 Å². The van der Waals surface area contributed by atoms with E-state index in [9.17, 15) is 14.4 Å². The number of hydrogen-bond acceptors (Lipinski definition) is 6. The fourth-order valence-corrected chi connectivity index (χ4v) is 3.91. The summed E-state index contributed by atoms with van der Waals surface area (Å²) >= 11 is 6.13. The van der Waals surface area contributed by atoms with Gasteiger partial charge in [0, 0.05) is 11.1 Å². The summed E-state index contributed by atoms with van der Waals surface area (Å²) in [5.74, 6) is -0.506. The molecule has 0 bridgehead atoms. The van der Waals surface area contributed by atoms with Gasteiger partial charge in [0.15, 0.2) is 0 Å². The van der Waals surface area contributed by atoms with E-state index in [1.807, 2.05) is 11.8 Å². The number of imide groups is 1. The van der Waals surface area contributed by atoms with Crippen molar-refractivity contribution in [2.24, 2.45) is 5.92 Å². The third-order valence-corrected chi connectivity index (χ3v) is 5.74. The lowest BCUT2D eigenvalue weighted by Crippen LogP contribution is -2.47. The second-order valence-electron chi connectivity index (χ2n) is 6.89. The fourth-order valence-electron chi connectivity index (χ4n) is 3.75. The normalized spacial score (nSPS) is 21.6. The SMILES string of the molecule is COC(=O)C1CCN(C2CC(=O)N(c3cc(C)c(Cl)cc3OC)C2=O)CC1. The molecule has 2 saturated heterocycles. The first-order valence-electron chi connectivity index (χ1n) is 8.90. The number of likely N-dealkylation sites (tertiary alicyclic amines) is 1. The predicted octanol–water partition coefficient (Wildman–Crippen LogP) is 2.17. The lowest BCUT2D eigenvalue weighted by atomic mass is 9.95. The molecule has 0 radical (unpaired) electrons. The Hall–Kier alpha value is -2.12. The smallest absolute Gasteiger partial charge is 0.308 e. The summed E-state index contributed by atoms with van der Waals surface area (Å²) in [7, 11) is 2.86. The highest BCUT2D eigenvalue weighted by atomic mass is 35.5. The number of esters is 1. The molecule has 2 amide bonds. The minimum Gasteiger partial charge on any atom is -0.495 e. The van der Waals surface area contributed by atoms with Crippen molar-refractivity contribution in [1.82, 2.24) is 4.90 Å². The molecule has 1 aromatic carbocycles. The molecule has 0 aromatic heterocycles. The number of rotatable bonds is 4. The van der Waals surface area contributed by atoms with Crippen LogP contribution in [0.25, 0.3) is 0 Å². The number of hydrogen-bond donors (Lipinski definition) is 0. The first-order chi connectivity index (χ1) is 12.9. The molecule has 1 unspecified atom stereocenters. The molecule has 8 heteroatoms. The molecule has 0 spiro atoms. The maximum absolute atomic E-state index is 13.0. The van der Waals surface area contributed by atoms with Crippen LogP contribution in [0.1, 0.15) is 24.8 Å². The topological polar surface area (TPSA) is 76.2 Å². The number of halogens is 1. The van der Waals surface area contributed by atoms with E-state index in [4.69, 9.17) is 21.1 Å². The minimum atomic E-state index is -0.517. The Balaban J connectivity index is 1.79. The van der Waals surface area contributed by atoms with Crippen LogP contribution < -0.4 is 9.64 Å². The van der Waals surface area contributed by atoms with Gasteiger partial charge in [-0.2, -0.15) is 0 Å². The molecule has 2 aliphatic rings. The van der Waals surface area contributed by atoms with E-state index < -0.39 is 6.04 Å². The van der Waals surface area contributed by atoms with Gasteiger partial charge in [-0.25, -0.2) is 4.90 Å². The van der Waals surface area contributed by atoms with Crippen molar-refractivity contribution in [3.05, 3.63) is 22.7 Å². The molecular weight excluding hydrogens is 372 g/mol. The number of benzene rings is 1. The molecule has 146 valence electrons. The van der Waals surface area contributed by atoms with Gasteiger partial charge in [-0.05, 0) is 44.5 Å². The molecule has 0 N–H and O–H groups in total. The number of anilines is 1. The van der Waals surface area contributed by atoms with Crippen LogP contribution in [0.4, 0.5) is 5.69 Å². The fraction of sp³-hybridized carbons (Fsp3) is 0.526. The van der Waals surface area contributed by atoms with Crippen molar-refractivity contribution in [1.29, 1.82) is 0 Å². The standard InChI is InChI=1S/C19H23ClN2O5/c1-11-8-14(16(26-2)9-13(11)20)22-17(23)10-15(18(22)24)21-6-4-12(5-7-21)19(25)27-3/h8-9,12,15H,4-7,10H2,1-3H3. The van der Waals surface area contributed by atoms with E-state index in [0.29, 0.717) is 42.4 Å². The first-order valence-corrected chi connectivity index (χ1v) is 9.28. The van der Waals surface area contributed by atoms with E-state index in [1.54, 1.807) is 12.1 Å². The molecule has 3 rings (SSSR count). The zero-order valence-electron chi connectivity index (χ0n) is 15.7. The number of aryl methyl sites for hydroxylation is 1. The van der Waals surface area contributed by atoms with Crippen LogP contribution >= 0.6 is 11.6 Å². The Morgan fingerprint density at radius 1 is 1.19 bits per heavy atom. The molecule has 0 saturated carbocycles. The number of carbonyl (C=O) groups is 3. The lowest BCUT2D eigenvalue weighted by Gasteiger charge is -2.33. The monoisotopic (exact) mass is 394 g/mol. The number of nitrogens with zero attached hydrogens (tertiary/aromatic N) is 2. The molecule has 1 aromatic rings. The molecule has 1 atom stereocenters. The van der Waals surface area contributed by atoms with Crippen LogP contribution in [0, 0.1) is 12.8 Å². The number of amides is 2. The average molecular weight is 395 g/mol. The van der Waals surface area contributed by atoms with E-state index in [2.05, 4.69) is 0 Å². The summed E-state index contributed by atoms with van der Waals surface area (Å²) < 4.78 is 10.1. The third kappa shape index (κ3) is 3.66. The van der Waals surface area contributed by atoms with Crippen LogP contribution in [0.15, 0.2) is 12.1 Å². The molecule has 7 nitrogen and oxygen atoms in total. The van der Waals surface area contributed by atoms with Crippen molar-refractivity contribution in [2.45, 2.75) is 32.2 Å². The largest absolute Gasteiger partial charge is 0.495 e. The highest BCUT2D eigenvalue weighted by Crippen LogP contribution is 2.37. The van der Waals surface area contributed by atoms with Gasteiger partial charge >= 0.3 is 5.97 Å². The van der Waals surface area contributed by atoms with Crippen molar-refractivity contribution >= 4 is 35.1 Å². The van der Waals surface area contributed by atoms with Gasteiger partial charge in [-0.3, -0.25) is 19.3 Å². The highest BCUT2D eigenvalue weighted by Gasteiger charge is 2.45. The molecule has 2 heterocycles. The molecular formula is C19H23ClN2O5. The second-order valence-corrected chi connectivity index (χ2v) is 7.30. The quantitative estimate of drug-likeness (QED) is 0.575. The van der Waals surface area contributed by atoms with Crippen LogP contribution in [-0.2, 0) is 19.1 Å². The molecule has 2 fully saturated rings. The van der Waals surface area contributed by atoms with E-state index >= 15 is 0 Å². The summed E-state index contributed by atoms with van der Waals surface area (Å²) in [5, 5.41) is 0.510. The number of piperidine rings is 1. The maximum Gasteiger partial charge on any atom is 0.308 e. The lowest BCUT2D eigenvalue weighted by molar-refractivity contribution is -0.147. The van der Waals surface area contributed by atoms with Crippen molar-refractivity contribution in [3.8, 4) is 5.75 Å². The summed E-state index contributed by atoms with van der Waals surface area (Å²) in [6.07, 6.45) is 1.36. The van der Waals surface area contributed by atoms with Crippen molar-refractivity contribution < 1.29 is 23.9 Å². The van der Waals surface area contributed by atoms with Crippen LogP contribution in [0.5, 0.6) is 5.75 Å². The molecule has 0 aliphatic carbocycles. The van der Waals surface area contributed by atoms with Gasteiger partial charge in [0.1, 0.15) is 5.75 Å². The van der Waals surface area contributed by atoms with Gasteiger partial charge in [0.05, 0.1) is 38.3 Å². The zero-order chi connectivity index (χ0) is 19.7. The Bertz CT molecular complexity index is 774. The van der Waals surface area contributed by atoms with Gasteiger partial charge in [-0.1, -0.05) is 11.6 Å². The number of methoxy groups -OCH3 is 2. The minimum absolute atomic E-state index is 0.118. The first kappa shape index (κ1) is 19.6. The number of carbonyl (C=O) groups excluding carboxylic acids is 3. The molecule has 27 heavy (non-hydrogen) atoms. The zero-order valence-corrected chi connectivity index (χ0v) is 16.4. The Morgan fingerprint density at radius 2 is 1.85 bits per heavy atom. The van der Waals surface area contributed by atoms with E-state index in [0.717, 1.165) is 5.56 Å². The van der Waals surface area contributed by atoms with Crippen molar-refractivity contribution in [3.63, 3.8) is 0 Å². The van der Waals surface area contributed by atoms with Crippen LogP contribution in [-0.4, -0.2) is 56.0 Å². The maximum atomic E-state index is 13.0. The van der Waals surface area contributed by atoms with Gasteiger partial charge in [0.2, 0.25) is 5.91 Å². The highest BCUT2D eigenvalue weighted by molar-refractivity contribution is 6.32. The summed E-state index contributed by atoms with van der Waals surface area (Å²) in [4.78, 5) is 40.5. The Labute approximate surface area is 163 Å². The van der Waals surface area contributed by atoms with Gasteiger partial charge < -0.3 is 9.47 Å². The van der Waals surface area contributed by atoms with Crippen LogP contribution in [0.2, 0.25) is 5.02 Å².